The average Bonchev–Trinajstić information content (AvgIpc) is 2.69. The first-order valence-electron chi connectivity index (χ1n) is 5.55. The van der Waals surface area contributed by atoms with E-state index < -0.39 is 0 Å². The summed E-state index contributed by atoms with van der Waals surface area (Å²) < 4.78 is 19.3. The Morgan fingerprint density at radius 1 is 1.44 bits per heavy atom. The summed E-state index contributed by atoms with van der Waals surface area (Å²) in [6, 6.07) is 5.66. The van der Waals surface area contributed by atoms with Gasteiger partial charge < -0.3 is 9.73 Å². The van der Waals surface area contributed by atoms with Crippen LogP contribution in [-0.4, -0.2) is 6.54 Å². The second kappa shape index (κ2) is 4.26. The molecule has 0 aliphatic carbocycles. The minimum absolute atomic E-state index is 0.108. The molecule has 2 aromatic rings. The van der Waals surface area contributed by atoms with Crippen molar-refractivity contribution < 1.29 is 8.81 Å². The minimum atomic E-state index is -0.257. The van der Waals surface area contributed by atoms with Gasteiger partial charge in [0, 0.05) is 5.39 Å². The molecule has 2 rings (SSSR count). The van der Waals surface area contributed by atoms with Gasteiger partial charge in [-0.2, -0.15) is 0 Å². The first-order chi connectivity index (χ1) is 7.63. The normalized spacial score (nSPS) is 13.2. The molecular weight excluding hydrogens is 205 g/mol. The van der Waals surface area contributed by atoms with Crippen LogP contribution in [0.5, 0.6) is 0 Å². The summed E-state index contributed by atoms with van der Waals surface area (Å²) in [5, 5.41) is 4.06. The third-order valence-electron chi connectivity index (χ3n) is 2.78. The molecule has 1 aromatic carbocycles. The van der Waals surface area contributed by atoms with Gasteiger partial charge in [-0.3, -0.25) is 0 Å². The molecule has 16 heavy (non-hydrogen) atoms. The van der Waals surface area contributed by atoms with Crippen LogP contribution in [0.3, 0.4) is 0 Å². The summed E-state index contributed by atoms with van der Waals surface area (Å²) in [5.41, 5.74) is 0.976. The van der Waals surface area contributed by atoms with E-state index in [-0.39, 0.29) is 11.9 Å². The van der Waals surface area contributed by atoms with E-state index in [4.69, 9.17) is 4.42 Å². The van der Waals surface area contributed by atoms with Gasteiger partial charge in [-0.25, -0.2) is 4.39 Å². The van der Waals surface area contributed by atoms with Gasteiger partial charge in [-0.15, -0.1) is 0 Å². The van der Waals surface area contributed by atoms with Crippen LogP contribution in [0.15, 0.2) is 22.6 Å². The van der Waals surface area contributed by atoms with Crippen LogP contribution < -0.4 is 5.32 Å². The van der Waals surface area contributed by atoms with E-state index >= 15 is 0 Å². The van der Waals surface area contributed by atoms with Crippen LogP contribution >= 0.6 is 0 Å². The number of benzene rings is 1. The smallest absolute Gasteiger partial charge is 0.170 e. The molecule has 2 nitrogen and oxygen atoms in total. The van der Waals surface area contributed by atoms with Crippen molar-refractivity contribution in [1.29, 1.82) is 0 Å². The zero-order valence-electron chi connectivity index (χ0n) is 9.80. The molecule has 1 heterocycles. The SMILES string of the molecule is CCNC(C)c1cc2ccc(C)c(F)c2o1. The van der Waals surface area contributed by atoms with Crippen LogP contribution in [-0.2, 0) is 0 Å². The Hall–Kier alpha value is -1.35. The molecule has 0 radical (unpaired) electrons. The van der Waals surface area contributed by atoms with Crippen molar-refractivity contribution in [2.45, 2.75) is 26.8 Å². The molecule has 0 spiro atoms. The van der Waals surface area contributed by atoms with Crippen LogP contribution in [0.25, 0.3) is 11.0 Å². The Kier molecular flexibility index (Phi) is 2.97. The predicted molar refractivity (Wildman–Crippen MR) is 63.0 cm³/mol. The van der Waals surface area contributed by atoms with Gasteiger partial charge in [0.1, 0.15) is 5.76 Å². The van der Waals surface area contributed by atoms with E-state index in [2.05, 4.69) is 5.32 Å². The Bertz CT molecular complexity index is 504. The van der Waals surface area contributed by atoms with Crippen LogP contribution in [0.2, 0.25) is 0 Å². The average molecular weight is 221 g/mol. The van der Waals surface area contributed by atoms with Crippen molar-refractivity contribution in [3.05, 3.63) is 35.3 Å². The number of furan rings is 1. The Labute approximate surface area is 94.4 Å². The summed E-state index contributed by atoms with van der Waals surface area (Å²) in [7, 11) is 0. The number of hydrogen-bond acceptors (Lipinski definition) is 2. The lowest BCUT2D eigenvalue weighted by molar-refractivity contribution is 0.449. The van der Waals surface area contributed by atoms with Crippen molar-refractivity contribution in [2.75, 3.05) is 6.54 Å². The number of hydrogen-bond donors (Lipinski definition) is 1. The summed E-state index contributed by atoms with van der Waals surface area (Å²) in [6.07, 6.45) is 0. The number of rotatable bonds is 3. The Balaban J connectivity index is 2.48. The molecule has 1 unspecified atom stereocenters. The second-order valence-electron chi connectivity index (χ2n) is 4.04. The van der Waals surface area contributed by atoms with Crippen molar-refractivity contribution in [3.63, 3.8) is 0 Å². The van der Waals surface area contributed by atoms with Gasteiger partial charge in [0.05, 0.1) is 6.04 Å². The van der Waals surface area contributed by atoms with Gasteiger partial charge in [0.25, 0.3) is 0 Å². The summed E-state index contributed by atoms with van der Waals surface area (Å²) in [6.45, 7) is 6.64. The molecule has 0 aliphatic rings. The molecule has 0 saturated heterocycles. The lowest BCUT2D eigenvalue weighted by atomic mass is 10.1. The largest absolute Gasteiger partial charge is 0.456 e. The Morgan fingerprint density at radius 2 is 2.19 bits per heavy atom. The third-order valence-corrected chi connectivity index (χ3v) is 2.78. The number of fused-ring (bicyclic) bond motifs is 1. The highest BCUT2D eigenvalue weighted by atomic mass is 19.1. The van der Waals surface area contributed by atoms with Crippen molar-refractivity contribution in [3.8, 4) is 0 Å². The quantitative estimate of drug-likeness (QED) is 0.857. The molecule has 3 heteroatoms. The first-order valence-corrected chi connectivity index (χ1v) is 5.55. The van der Waals surface area contributed by atoms with Crippen LogP contribution in [0.1, 0.15) is 31.2 Å². The zero-order valence-corrected chi connectivity index (χ0v) is 9.80. The molecule has 0 saturated carbocycles. The number of halogens is 1. The highest BCUT2D eigenvalue weighted by Crippen LogP contribution is 2.27. The lowest BCUT2D eigenvalue weighted by Gasteiger charge is -2.07. The number of nitrogens with one attached hydrogen (secondary N) is 1. The molecule has 1 atom stereocenters. The maximum Gasteiger partial charge on any atom is 0.170 e. The molecule has 1 aromatic heterocycles. The molecule has 0 bridgehead atoms. The fourth-order valence-electron chi connectivity index (χ4n) is 1.81. The molecule has 0 amide bonds. The van der Waals surface area contributed by atoms with E-state index in [1.807, 2.05) is 26.0 Å². The topological polar surface area (TPSA) is 25.2 Å². The zero-order chi connectivity index (χ0) is 11.7. The maximum atomic E-state index is 13.7. The van der Waals surface area contributed by atoms with Gasteiger partial charge in [-0.1, -0.05) is 19.1 Å². The fourth-order valence-corrected chi connectivity index (χ4v) is 1.81. The minimum Gasteiger partial charge on any atom is -0.456 e. The summed E-state index contributed by atoms with van der Waals surface area (Å²) >= 11 is 0. The standard InChI is InChI=1S/C13H16FNO/c1-4-15-9(3)11-7-10-6-5-8(2)12(14)13(10)16-11/h5-7,9,15H,4H2,1-3H3. The molecule has 86 valence electrons. The van der Waals surface area contributed by atoms with E-state index in [1.165, 1.54) is 0 Å². The van der Waals surface area contributed by atoms with E-state index in [0.717, 1.165) is 17.7 Å². The Morgan fingerprint density at radius 3 is 2.88 bits per heavy atom. The molecule has 0 fully saturated rings. The van der Waals surface area contributed by atoms with Crippen LogP contribution in [0.4, 0.5) is 4.39 Å². The summed E-state index contributed by atoms with van der Waals surface area (Å²) in [5.74, 6) is 0.522. The number of aryl methyl sites for hydroxylation is 1. The highest BCUT2D eigenvalue weighted by Gasteiger charge is 2.14. The van der Waals surface area contributed by atoms with Gasteiger partial charge in [0.2, 0.25) is 0 Å². The molecule has 0 aliphatic heterocycles. The van der Waals surface area contributed by atoms with Crippen LogP contribution in [0, 0.1) is 12.7 Å². The molecule has 1 N–H and O–H groups in total. The van der Waals surface area contributed by atoms with Gasteiger partial charge >= 0.3 is 0 Å². The predicted octanol–water partition coefficient (Wildman–Crippen LogP) is 3.55. The first kappa shape index (κ1) is 11.1. The maximum absolute atomic E-state index is 13.7. The summed E-state index contributed by atoms with van der Waals surface area (Å²) in [4.78, 5) is 0. The van der Waals surface area contributed by atoms with Gasteiger partial charge in [-0.05, 0) is 32.0 Å². The van der Waals surface area contributed by atoms with E-state index in [1.54, 1.807) is 13.0 Å². The van der Waals surface area contributed by atoms with Crippen molar-refractivity contribution in [1.82, 2.24) is 5.32 Å². The van der Waals surface area contributed by atoms with Crippen molar-refractivity contribution in [2.24, 2.45) is 0 Å². The monoisotopic (exact) mass is 221 g/mol. The van der Waals surface area contributed by atoms with E-state index in [0.29, 0.717) is 11.1 Å². The lowest BCUT2D eigenvalue weighted by Crippen LogP contribution is -2.16. The fraction of sp³-hybridized carbons (Fsp3) is 0.385. The molecular formula is C13H16FNO. The van der Waals surface area contributed by atoms with Crippen molar-refractivity contribution >= 4 is 11.0 Å². The van der Waals surface area contributed by atoms with E-state index in [9.17, 15) is 4.39 Å². The second-order valence-corrected chi connectivity index (χ2v) is 4.04. The highest BCUT2D eigenvalue weighted by molar-refractivity contribution is 5.79. The third kappa shape index (κ3) is 1.83. The van der Waals surface area contributed by atoms with Gasteiger partial charge in [0.15, 0.2) is 11.4 Å².